The van der Waals surface area contributed by atoms with Gasteiger partial charge in [0.15, 0.2) is 0 Å². The Kier molecular flexibility index (Phi) is 7.30. The van der Waals surface area contributed by atoms with Crippen LogP contribution in [-0.4, -0.2) is 24.2 Å². The quantitative estimate of drug-likeness (QED) is 0.445. The van der Waals surface area contributed by atoms with Crippen molar-refractivity contribution in [2.45, 2.75) is 13.3 Å². The van der Waals surface area contributed by atoms with Crippen LogP contribution >= 0.6 is 0 Å². The van der Waals surface area contributed by atoms with E-state index in [9.17, 15) is 18.4 Å². The lowest BCUT2D eigenvalue weighted by atomic mass is 10.1. The molecule has 0 saturated heterocycles. The molecule has 2 N–H and O–H groups in total. The van der Waals surface area contributed by atoms with Crippen molar-refractivity contribution in [3.63, 3.8) is 0 Å². The van der Waals surface area contributed by atoms with E-state index in [0.29, 0.717) is 11.1 Å². The summed E-state index contributed by atoms with van der Waals surface area (Å²) in [7, 11) is 0. The van der Waals surface area contributed by atoms with Gasteiger partial charge in [-0.05, 0) is 41.8 Å². The molecule has 0 aliphatic heterocycles. The smallest absolute Gasteiger partial charge is 0.252 e. The maximum absolute atomic E-state index is 13.1. The molecule has 0 fully saturated rings. The number of carbonyl (C=O) groups excluding carboxylic acids is 2. The SMILES string of the molecule is CCC(C(=O)N/N=C\c1cccc(F)c1)C(=O)N/N=C\c1cccc(F)c1. The molecule has 140 valence electrons. The Labute approximate surface area is 155 Å². The van der Waals surface area contributed by atoms with E-state index < -0.39 is 29.4 Å². The van der Waals surface area contributed by atoms with Gasteiger partial charge in [-0.25, -0.2) is 19.6 Å². The number of rotatable bonds is 7. The van der Waals surface area contributed by atoms with Gasteiger partial charge in [0.1, 0.15) is 17.6 Å². The summed E-state index contributed by atoms with van der Waals surface area (Å²) >= 11 is 0. The molecule has 2 aromatic rings. The van der Waals surface area contributed by atoms with Crippen LogP contribution in [0.15, 0.2) is 58.7 Å². The highest BCUT2D eigenvalue weighted by molar-refractivity contribution is 6.00. The van der Waals surface area contributed by atoms with Crippen molar-refractivity contribution >= 4 is 24.2 Å². The minimum atomic E-state index is -1.01. The molecular weight excluding hydrogens is 354 g/mol. The van der Waals surface area contributed by atoms with Gasteiger partial charge in [-0.15, -0.1) is 0 Å². The van der Waals surface area contributed by atoms with Crippen molar-refractivity contribution in [3.05, 3.63) is 71.3 Å². The fraction of sp³-hybridized carbons (Fsp3) is 0.158. The van der Waals surface area contributed by atoms with Gasteiger partial charge in [0.25, 0.3) is 11.8 Å². The monoisotopic (exact) mass is 372 g/mol. The van der Waals surface area contributed by atoms with E-state index >= 15 is 0 Å². The molecule has 2 aromatic carbocycles. The number of carbonyl (C=O) groups is 2. The van der Waals surface area contributed by atoms with Crippen molar-refractivity contribution in [2.75, 3.05) is 0 Å². The highest BCUT2D eigenvalue weighted by atomic mass is 19.1. The van der Waals surface area contributed by atoms with E-state index in [0.717, 1.165) is 0 Å². The van der Waals surface area contributed by atoms with Crippen molar-refractivity contribution in [2.24, 2.45) is 16.1 Å². The maximum atomic E-state index is 13.1. The van der Waals surface area contributed by atoms with E-state index in [1.165, 1.54) is 48.8 Å². The molecule has 8 heteroatoms. The van der Waals surface area contributed by atoms with Crippen LogP contribution in [0.25, 0.3) is 0 Å². The van der Waals surface area contributed by atoms with E-state index in [4.69, 9.17) is 0 Å². The number of halogens is 2. The third-order valence-electron chi connectivity index (χ3n) is 3.52. The van der Waals surface area contributed by atoms with Crippen LogP contribution in [-0.2, 0) is 9.59 Å². The molecule has 27 heavy (non-hydrogen) atoms. The fourth-order valence-electron chi connectivity index (χ4n) is 2.16. The largest absolute Gasteiger partial charge is 0.272 e. The average molecular weight is 372 g/mol. The Morgan fingerprint density at radius 3 is 1.74 bits per heavy atom. The normalized spacial score (nSPS) is 11.3. The van der Waals surface area contributed by atoms with Crippen LogP contribution < -0.4 is 10.9 Å². The first-order valence-electron chi connectivity index (χ1n) is 8.16. The average Bonchev–Trinajstić information content (AvgIpc) is 2.62. The number of nitrogens with one attached hydrogen (secondary N) is 2. The van der Waals surface area contributed by atoms with Crippen LogP contribution in [0.5, 0.6) is 0 Å². The van der Waals surface area contributed by atoms with Gasteiger partial charge in [0.2, 0.25) is 0 Å². The van der Waals surface area contributed by atoms with E-state index in [-0.39, 0.29) is 6.42 Å². The van der Waals surface area contributed by atoms with Gasteiger partial charge < -0.3 is 0 Å². The molecule has 0 radical (unpaired) electrons. The summed E-state index contributed by atoms with van der Waals surface area (Å²) in [6.07, 6.45) is 2.77. The zero-order chi connectivity index (χ0) is 19.6. The van der Waals surface area contributed by atoms with Crippen LogP contribution in [0.1, 0.15) is 24.5 Å². The number of hydrogen-bond acceptors (Lipinski definition) is 4. The topological polar surface area (TPSA) is 82.9 Å². The Bertz CT molecular complexity index is 799. The maximum Gasteiger partial charge on any atom is 0.252 e. The van der Waals surface area contributed by atoms with E-state index in [1.807, 2.05) is 0 Å². The second kappa shape index (κ2) is 9.91. The van der Waals surface area contributed by atoms with Gasteiger partial charge in [0, 0.05) is 0 Å². The molecule has 0 bridgehead atoms. The van der Waals surface area contributed by atoms with Crippen molar-refractivity contribution < 1.29 is 18.4 Å². The van der Waals surface area contributed by atoms with Gasteiger partial charge >= 0.3 is 0 Å². The van der Waals surface area contributed by atoms with Crippen LogP contribution in [0.2, 0.25) is 0 Å². The molecule has 6 nitrogen and oxygen atoms in total. The van der Waals surface area contributed by atoms with Crippen molar-refractivity contribution in [1.82, 2.24) is 10.9 Å². The number of hydrazone groups is 2. The van der Waals surface area contributed by atoms with Crippen molar-refractivity contribution in [1.29, 1.82) is 0 Å². The number of hydrogen-bond donors (Lipinski definition) is 2. The molecule has 0 heterocycles. The summed E-state index contributed by atoms with van der Waals surface area (Å²) in [5, 5.41) is 7.44. The minimum Gasteiger partial charge on any atom is -0.272 e. The lowest BCUT2D eigenvalue weighted by molar-refractivity contribution is -0.135. The summed E-state index contributed by atoms with van der Waals surface area (Å²) in [5.41, 5.74) is 5.42. The number of benzene rings is 2. The van der Waals surface area contributed by atoms with Gasteiger partial charge in [0.05, 0.1) is 12.4 Å². The van der Waals surface area contributed by atoms with Gasteiger partial charge in [-0.3, -0.25) is 9.59 Å². The predicted molar refractivity (Wildman–Crippen MR) is 98.1 cm³/mol. The second-order valence-corrected chi connectivity index (χ2v) is 5.54. The Hall–Kier alpha value is -3.42. The molecule has 0 unspecified atom stereocenters. The first-order chi connectivity index (χ1) is 13.0. The third kappa shape index (κ3) is 6.43. The molecule has 0 aliphatic carbocycles. The Balaban J connectivity index is 1.90. The molecule has 0 aliphatic rings. The van der Waals surface area contributed by atoms with Crippen LogP contribution in [0.4, 0.5) is 8.78 Å². The van der Waals surface area contributed by atoms with E-state index in [1.54, 1.807) is 19.1 Å². The number of amides is 2. The molecule has 0 saturated carbocycles. The Morgan fingerprint density at radius 1 is 0.926 bits per heavy atom. The fourth-order valence-corrected chi connectivity index (χ4v) is 2.16. The summed E-state index contributed by atoms with van der Waals surface area (Å²) in [6, 6.07) is 11.3. The molecule has 0 aromatic heterocycles. The van der Waals surface area contributed by atoms with Crippen LogP contribution in [0, 0.1) is 17.6 Å². The minimum absolute atomic E-state index is 0.225. The first-order valence-corrected chi connectivity index (χ1v) is 8.16. The zero-order valence-electron chi connectivity index (χ0n) is 14.5. The van der Waals surface area contributed by atoms with Gasteiger partial charge in [-0.1, -0.05) is 31.2 Å². The highest BCUT2D eigenvalue weighted by Crippen LogP contribution is 2.04. The lowest BCUT2D eigenvalue weighted by Crippen LogP contribution is -2.37. The lowest BCUT2D eigenvalue weighted by Gasteiger charge is -2.10. The van der Waals surface area contributed by atoms with Gasteiger partial charge in [-0.2, -0.15) is 10.2 Å². The van der Waals surface area contributed by atoms with E-state index in [2.05, 4.69) is 21.1 Å². The molecule has 0 spiro atoms. The second-order valence-electron chi connectivity index (χ2n) is 5.54. The molecule has 2 amide bonds. The number of nitrogens with zero attached hydrogens (tertiary/aromatic N) is 2. The Morgan fingerprint density at radius 2 is 1.37 bits per heavy atom. The summed E-state index contributed by atoms with van der Waals surface area (Å²) in [4.78, 5) is 24.2. The third-order valence-corrected chi connectivity index (χ3v) is 3.52. The zero-order valence-corrected chi connectivity index (χ0v) is 14.5. The summed E-state index contributed by atoms with van der Waals surface area (Å²) < 4.78 is 26.1. The molecule has 2 rings (SSSR count). The van der Waals surface area contributed by atoms with Crippen molar-refractivity contribution in [3.8, 4) is 0 Å². The summed E-state index contributed by atoms with van der Waals surface area (Å²) in [6.45, 7) is 1.66. The summed E-state index contributed by atoms with van der Waals surface area (Å²) in [5.74, 6) is -3.11. The highest BCUT2D eigenvalue weighted by Gasteiger charge is 2.24. The molecule has 0 atom stereocenters. The van der Waals surface area contributed by atoms with Crippen LogP contribution in [0.3, 0.4) is 0 Å². The molecular formula is C19H18F2N4O2. The first kappa shape index (κ1) is 19.9. The predicted octanol–water partition coefficient (Wildman–Crippen LogP) is 2.59. The standard InChI is InChI=1S/C19H18F2N4O2/c1-2-17(18(26)24-22-11-13-5-3-7-15(20)9-13)19(27)25-23-12-14-6-4-8-16(21)10-14/h3-12,17H,2H2,1H3,(H,24,26)(H,25,27)/b22-11-,23-12-.